The van der Waals surface area contributed by atoms with Crippen molar-refractivity contribution in [3.8, 4) is 0 Å². The maximum atomic E-state index is 10.3. The quantitative estimate of drug-likeness (QED) is 0.507. The number of benzene rings is 1. The molecule has 0 fully saturated rings. The van der Waals surface area contributed by atoms with Gasteiger partial charge in [-0.2, -0.15) is 0 Å². The van der Waals surface area contributed by atoms with E-state index in [1.165, 1.54) is 6.07 Å². The zero-order valence-corrected chi connectivity index (χ0v) is 7.52. The minimum absolute atomic E-state index is 0.368. The van der Waals surface area contributed by atoms with Crippen LogP contribution < -0.4 is 10.5 Å². The van der Waals surface area contributed by atoms with Crippen molar-refractivity contribution in [3.05, 3.63) is 23.2 Å². The average Bonchev–Trinajstić information content (AvgIpc) is 1.96. The second-order valence-electron chi connectivity index (χ2n) is 2.09. The standard InChI is InChI=1S/C6H7ClN2O2S/c7-5-2-1-4(3-6(5)8)9-12(10)11/h1-3,9H,8H2,(H,10,11). The first-order valence-electron chi connectivity index (χ1n) is 3.02. The van der Waals surface area contributed by atoms with Crippen molar-refractivity contribution >= 4 is 34.2 Å². The van der Waals surface area contributed by atoms with Gasteiger partial charge in [0.2, 0.25) is 0 Å². The Labute approximate surface area is 77.1 Å². The number of rotatable bonds is 2. The highest BCUT2D eigenvalue weighted by Gasteiger charge is 1.99. The van der Waals surface area contributed by atoms with E-state index in [9.17, 15) is 4.21 Å². The van der Waals surface area contributed by atoms with Gasteiger partial charge in [-0.05, 0) is 18.2 Å². The Kier molecular flexibility index (Phi) is 2.91. The van der Waals surface area contributed by atoms with Crippen molar-refractivity contribution < 1.29 is 8.76 Å². The van der Waals surface area contributed by atoms with Crippen LogP contribution in [0.25, 0.3) is 0 Å². The highest BCUT2D eigenvalue weighted by molar-refractivity contribution is 7.80. The van der Waals surface area contributed by atoms with Gasteiger partial charge in [-0.3, -0.25) is 9.27 Å². The third-order valence-corrected chi connectivity index (χ3v) is 1.96. The Morgan fingerprint density at radius 3 is 2.75 bits per heavy atom. The molecule has 1 rings (SSSR count). The van der Waals surface area contributed by atoms with Crippen LogP contribution in [0.3, 0.4) is 0 Å². The van der Waals surface area contributed by atoms with Crippen LogP contribution in [0, 0.1) is 0 Å². The summed E-state index contributed by atoms with van der Waals surface area (Å²) in [6.07, 6.45) is 0. The van der Waals surface area contributed by atoms with E-state index in [1.807, 2.05) is 0 Å². The largest absolute Gasteiger partial charge is 0.397 e. The molecule has 6 heteroatoms. The van der Waals surface area contributed by atoms with Crippen LogP contribution in [0.15, 0.2) is 18.2 Å². The molecule has 0 radical (unpaired) electrons. The van der Waals surface area contributed by atoms with Crippen LogP contribution >= 0.6 is 11.6 Å². The summed E-state index contributed by atoms with van der Waals surface area (Å²) in [5, 5.41) is 0.421. The van der Waals surface area contributed by atoms with E-state index in [0.29, 0.717) is 16.4 Å². The van der Waals surface area contributed by atoms with Gasteiger partial charge in [0.15, 0.2) is 0 Å². The minimum atomic E-state index is -2.08. The highest BCUT2D eigenvalue weighted by atomic mass is 35.5. The lowest BCUT2D eigenvalue weighted by atomic mass is 10.3. The van der Waals surface area contributed by atoms with Gasteiger partial charge in [-0.1, -0.05) is 11.6 Å². The molecule has 0 bridgehead atoms. The minimum Gasteiger partial charge on any atom is -0.397 e. The van der Waals surface area contributed by atoms with Gasteiger partial charge in [0.1, 0.15) is 0 Å². The van der Waals surface area contributed by atoms with Crippen molar-refractivity contribution in [1.29, 1.82) is 0 Å². The lowest BCUT2D eigenvalue weighted by Crippen LogP contribution is -2.02. The summed E-state index contributed by atoms with van der Waals surface area (Å²) in [5.74, 6) is 0. The molecule has 0 amide bonds. The molecule has 66 valence electrons. The Bertz CT molecular complexity index is 318. The zero-order chi connectivity index (χ0) is 9.14. The molecule has 0 aromatic heterocycles. The van der Waals surface area contributed by atoms with E-state index in [-0.39, 0.29) is 0 Å². The van der Waals surface area contributed by atoms with Crippen LogP contribution in [0.5, 0.6) is 0 Å². The fraction of sp³-hybridized carbons (Fsp3) is 0. The summed E-state index contributed by atoms with van der Waals surface area (Å²) >= 11 is 3.55. The van der Waals surface area contributed by atoms with Gasteiger partial charge >= 0.3 is 0 Å². The van der Waals surface area contributed by atoms with Crippen LogP contribution in [0.1, 0.15) is 0 Å². The summed E-state index contributed by atoms with van der Waals surface area (Å²) < 4.78 is 21.0. The van der Waals surface area contributed by atoms with Crippen molar-refractivity contribution in [2.75, 3.05) is 10.5 Å². The number of halogens is 1. The van der Waals surface area contributed by atoms with E-state index in [2.05, 4.69) is 4.72 Å². The Morgan fingerprint density at radius 1 is 1.58 bits per heavy atom. The van der Waals surface area contributed by atoms with Gasteiger partial charge in [0.05, 0.1) is 16.4 Å². The van der Waals surface area contributed by atoms with Gasteiger partial charge in [0.25, 0.3) is 11.3 Å². The van der Waals surface area contributed by atoms with Crippen LogP contribution in [0.2, 0.25) is 5.02 Å². The average molecular weight is 207 g/mol. The molecule has 1 aromatic carbocycles. The fourth-order valence-corrected chi connectivity index (χ4v) is 1.15. The topological polar surface area (TPSA) is 75.3 Å². The third-order valence-electron chi connectivity index (χ3n) is 1.20. The molecule has 0 saturated heterocycles. The van der Waals surface area contributed by atoms with E-state index in [0.717, 1.165) is 0 Å². The van der Waals surface area contributed by atoms with Gasteiger partial charge < -0.3 is 5.73 Å². The molecular weight excluding hydrogens is 200 g/mol. The Balaban J connectivity index is 2.89. The number of hydrogen-bond acceptors (Lipinski definition) is 2. The summed E-state index contributed by atoms with van der Waals surface area (Å²) in [4.78, 5) is 0. The molecule has 4 N–H and O–H groups in total. The smallest absolute Gasteiger partial charge is 0.259 e. The molecule has 1 atom stereocenters. The second kappa shape index (κ2) is 3.75. The first-order valence-corrected chi connectivity index (χ1v) is 4.50. The molecule has 4 nitrogen and oxygen atoms in total. The molecule has 1 aromatic rings. The van der Waals surface area contributed by atoms with Gasteiger partial charge in [0, 0.05) is 0 Å². The van der Waals surface area contributed by atoms with Crippen molar-refractivity contribution in [2.24, 2.45) is 0 Å². The molecule has 1 unspecified atom stereocenters. The molecule has 0 aliphatic heterocycles. The summed E-state index contributed by atoms with van der Waals surface area (Å²) in [5.41, 5.74) is 6.27. The first kappa shape index (κ1) is 9.31. The SMILES string of the molecule is Nc1cc(NS(=O)O)ccc1Cl. The monoisotopic (exact) mass is 206 g/mol. The van der Waals surface area contributed by atoms with Gasteiger partial charge in [-0.25, -0.2) is 4.21 Å². The van der Waals surface area contributed by atoms with Crippen molar-refractivity contribution in [2.45, 2.75) is 0 Å². The summed E-state index contributed by atoms with van der Waals surface area (Å²) in [6.45, 7) is 0. The molecule has 0 saturated carbocycles. The first-order chi connectivity index (χ1) is 5.59. The molecule has 0 spiro atoms. The number of hydrogen-bond donors (Lipinski definition) is 3. The van der Waals surface area contributed by atoms with Crippen molar-refractivity contribution in [1.82, 2.24) is 0 Å². The summed E-state index contributed by atoms with van der Waals surface area (Å²) in [7, 11) is 0. The van der Waals surface area contributed by atoms with E-state index >= 15 is 0 Å². The molecule has 0 aliphatic carbocycles. The van der Waals surface area contributed by atoms with Crippen molar-refractivity contribution in [3.63, 3.8) is 0 Å². The highest BCUT2D eigenvalue weighted by Crippen LogP contribution is 2.22. The van der Waals surface area contributed by atoms with Crippen LogP contribution in [0.4, 0.5) is 11.4 Å². The second-order valence-corrected chi connectivity index (χ2v) is 3.20. The van der Waals surface area contributed by atoms with Crippen LogP contribution in [-0.2, 0) is 11.3 Å². The zero-order valence-electron chi connectivity index (χ0n) is 5.95. The van der Waals surface area contributed by atoms with E-state index in [4.69, 9.17) is 21.9 Å². The number of nitrogen functional groups attached to an aromatic ring is 1. The normalized spacial score (nSPS) is 12.5. The number of nitrogens with two attached hydrogens (primary N) is 1. The molecule has 12 heavy (non-hydrogen) atoms. The van der Waals surface area contributed by atoms with E-state index < -0.39 is 11.3 Å². The predicted molar refractivity (Wildman–Crippen MR) is 50.3 cm³/mol. The fourth-order valence-electron chi connectivity index (χ4n) is 0.708. The lowest BCUT2D eigenvalue weighted by Gasteiger charge is -2.02. The van der Waals surface area contributed by atoms with Gasteiger partial charge in [-0.15, -0.1) is 0 Å². The maximum Gasteiger partial charge on any atom is 0.259 e. The summed E-state index contributed by atoms with van der Waals surface area (Å²) in [6, 6.07) is 4.59. The van der Waals surface area contributed by atoms with E-state index in [1.54, 1.807) is 12.1 Å². The number of nitrogens with one attached hydrogen (secondary N) is 1. The molecule has 0 aliphatic rings. The maximum absolute atomic E-state index is 10.3. The Morgan fingerprint density at radius 2 is 2.25 bits per heavy atom. The molecular formula is C6H7ClN2O2S. The molecule has 0 heterocycles. The third kappa shape index (κ3) is 2.37. The number of anilines is 2. The Hall–Kier alpha value is -0.780. The van der Waals surface area contributed by atoms with Crippen LogP contribution in [-0.4, -0.2) is 8.76 Å². The lowest BCUT2D eigenvalue weighted by molar-refractivity contribution is 0.570. The predicted octanol–water partition coefficient (Wildman–Crippen LogP) is 1.47.